The fourth-order valence-electron chi connectivity index (χ4n) is 1.97. The Hall–Kier alpha value is -2.29. The van der Waals surface area contributed by atoms with Gasteiger partial charge in [0.15, 0.2) is 0 Å². The molecule has 1 aromatic heterocycles. The molecule has 1 saturated heterocycles. The topological polar surface area (TPSA) is 118 Å². The number of ether oxygens (including phenoxy) is 1. The van der Waals surface area contributed by atoms with Gasteiger partial charge >= 0.3 is 12.0 Å². The van der Waals surface area contributed by atoms with Gasteiger partial charge in [0.1, 0.15) is 0 Å². The number of amides is 2. The third kappa shape index (κ3) is 3.85. The highest BCUT2D eigenvalue weighted by Gasteiger charge is 2.29. The molecular weight excluding hydrogens is 278 g/mol. The fourth-order valence-corrected chi connectivity index (χ4v) is 1.97. The fraction of sp³-hybridized carbons (Fsp3) is 0.583. The Labute approximate surface area is 121 Å². The van der Waals surface area contributed by atoms with E-state index in [0.29, 0.717) is 24.5 Å². The van der Waals surface area contributed by atoms with Crippen LogP contribution in [0.3, 0.4) is 0 Å². The summed E-state index contributed by atoms with van der Waals surface area (Å²) in [6.45, 7) is 4.43. The lowest BCUT2D eigenvalue weighted by atomic mass is 10.1. The van der Waals surface area contributed by atoms with E-state index in [-0.39, 0.29) is 19.0 Å². The first-order valence-corrected chi connectivity index (χ1v) is 6.52. The lowest BCUT2D eigenvalue weighted by Gasteiger charge is -2.34. The summed E-state index contributed by atoms with van der Waals surface area (Å²) < 4.78 is 5.22. The third-order valence-corrected chi connectivity index (χ3v) is 3.21. The molecule has 1 fully saturated rings. The van der Waals surface area contributed by atoms with Crippen molar-refractivity contribution in [1.29, 1.82) is 0 Å². The van der Waals surface area contributed by atoms with Crippen molar-refractivity contribution in [3.05, 3.63) is 11.4 Å². The van der Waals surface area contributed by atoms with Crippen LogP contribution in [0.15, 0.2) is 0 Å². The average Bonchev–Trinajstić information content (AvgIpc) is 2.43. The molecule has 114 valence electrons. The van der Waals surface area contributed by atoms with Gasteiger partial charge in [0.25, 0.3) is 5.95 Å². The van der Waals surface area contributed by atoms with Crippen LogP contribution in [0.4, 0.5) is 10.7 Å². The van der Waals surface area contributed by atoms with Crippen LogP contribution in [0.1, 0.15) is 17.8 Å². The van der Waals surface area contributed by atoms with E-state index in [4.69, 9.17) is 9.84 Å². The number of nitrogens with one attached hydrogen (secondary N) is 1. The zero-order valence-electron chi connectivity index (χ0n) is 11.9. The third-order valence-electron chi connectivity index (χ3n) is 3.21. The second kappa shape index (κ2) is 6.44. The number of aromatic nitrogens is 3. The van der Waals surface area contributed by atoms with Gasteiger partial charge < -0.3 is 14.7 Å². The van der Waals surface area contributed by atoms with Gasteiger partial charge in [-0.1, -0.05) is 0 Å². The van der Waals surface area contributed by atoms with Crippen LogP contribution in [-0.4, -0.2) is 63.0 Å². The number of aryl methyl sites for hydroxylation is 2. The summed E-state index contributed by atoms with van der Waals surface area (Å²) in [6, 6.07) is -0.953. The van der Waals surface area contributed by atoms with E-state index < -0.39 is 18.0 Å². The highest BCUT2D eigenvalue weighted by Crippen LogP contribution is 2.12. The first kappa shape index (κ1) is 15.1. The molecule has 2 heterocycles. The Morgan fingerprint density at radius 1 is 1.38 bits per heavy atom. The van der Waals surface area contributed by atoms with Crippen molar-refractivity contribution in [3.8, 4) is 0 Å². The van der Waals surface area contributed by atoms with Gasteiger partial charge in [0.2, 0.25) is 0 Å². The Morgan fingerprint density at radius 2 is 2.14 bits per heavy atom. The van der Waals surface area contributed by atoms with Gasteiger partial charge in [-0.2, -0.15) is 5.10 Å². The van der Waals surface area contributed by atoms with Crippen LogP contribution >= 0.6 is 0 Å². The van der Waals surface area contributed by atoms with Crippen LogP contribution in [0, 0.1) is 13.8 Å². The summed E-state index contributed by atoms with van der Waals surface area (Å²) in [4.78, 5) is 28.6. The Balaban J connectivity index is 2.06. The number of anilines is 1. The minimum atomic E-state index is -0.979. The molecule has 1 aromatic rings. The molecule has 1 aliphatic rings. The monoisotopic (exact) mass is 295 g/mol. The van der Waals surface area contributed by atoms with Crippen molar-refractivity contribution in [2.24, 2.45) is 0 Å². The molecule has 0 aliphatic carbocycles. The summed E-state index contributed by atoms with van der Waals surface area (Å²) in [5.41, 5.74) is 1.35. The number of urea groups is 1. The quantitative estimate of drug-likeness (QED) is 0.817. The highest BCUT2D eigenvalue weighted by atomic mass is 16.5. The largest absolute Gasteiger partial charge is 0.481 e. The summed E-state index contributed by atoms with van der Waals surface area (Å²) in [5.74, 6) is -0.879. The summed E-state index contributed by atoms with van der Waals surface area (Å²) >= 11 is 0. The molecule has 9 heteroatoms. The van der Waals surface area contributed by atoms with Crippen molar-refractivity contribution >= 4 is 17.9 Å². The van der Waals surface area contributed by atoms with Gasteiger partial charge in [0.05, 0.1) is 37.1 Å². The van der Waals surface area contributed by atoms with E-state index in [1.165, 1.54) is 4.90 Å². The van der Waals surface area contributed by atoms with Crippen molar-refractivity contribution in [2.75, 3.05) is 25.1 Å². The zero-order chi connectivity index (χ0) is 15.4. The predicted octanol–water partition coefficient (Wildman–Crippen LogP) is 0.196. The minimum Gasteiger partial charge on any atom is -0.481 e. The molecule has 1 unspecified atom stereocenters. The van der Waals surface area contributed by atoms with Gasteiger partial charge in [-0.3, -0.25) is 10.1 Å². The second-order valence-electron chi connectivity index (χ2n) is 4.76. The molecule has 2 amide bonds. The van der Waals surface area contributed by atoms with E-state index in [1.54, 1.807) is 13.8 Å². The van der Waals surface area contributed by atoms with E-state index in [2.05, 4.69) is 20.5 Å². The van der Waals surface area contributed by atoms with Gasteiger partial charge in [-0.05, 0) is 13.8 Å². The highest BCUT2D eigenvalue weighted by molar-refractivity contribution is 5.88. The molecule has 9 nitrogen and oxygen atoms in total. The SMILES string of the molecule is Cc1nnc(NC(=O)N2CCOCC2CC(=O)O)nc1C. The number of rotatable bonds is 3. The first-order chi connectivity index (χ1) is 9.97. The molecule has 0 spiro atoms. The molecule has 1 atom stereocenters. The van der Waals surface area contributed by atoms with E-state index in [0.717, 1.165) is 0 Å². The summed E-state index contributed by atoms with van der Waals surface area (Å²) in [6.07, 6.45) is -0.167. The second-order valence-corrected chi connectivity index (χ2v) is 4.76. The Morgan fingerprint density at radius 3 is 2.81 bits per heavy atom. The molecule has 0 aromatic carbocycles. The Kier molecular flexibility index (Phi) is 4.63. The number of aliphatic carboxylic acids is 1. The number of nitrogens with zero attached hydrogens (tertiary/aromatic N) is 4. The van der Waals surface area contributed by atoms with E-state index >= 15 is 0 Å². The molecular formula is C12H17N5O4. The number of morpholine rings is 1. The van der Waals surface area contributed by atoms with Crippen LogP contribution in [0.2, 0.25) is 0 Å². The maximum absolute atomic E-state index is 12.2. The van der Waals surface area contributed by atoms with Crippen molar-refractivity contribution < 1.29 is 19.4 Å². The van der Waals surface area contributed by atoms with Crippen molar-refractivity contribution in [1.82, 2.24) is 20.1 Å². The first-order valence-electron chi connectivity index (χ1n) is 6.52. The van der Waals surface area contributed by atoms with Crippen molar-refractivity contribution in [3.63, 3.8) is 0 Å². The normalized spacial score (nSPS) is 18.4. The lowest BCUT2D eigenvalue weighted by molar-refractivity contribution is -0.139. The molecule has 0 radical (unpaired) electrons. The van der Waals surface area contributed by atoms with E-state index in [1.807, 2.05) is 0 Å². The maximum Gasteiger partial charge on any atom is 0.324 e. The number of carboxylic acids is 1. The molecule has 2 N–H and O–H groups in total. The predicted molar refractivity (Wildman–Crippen MR) is 71.9 cm³/mol. The minimum absolute atomic E-state index is 0.101. The lowest BCUT2D eigenvalue weighted by Crippen LogP contribution is -2.51. The standard InChI is InChI=1S/C12H17N5O4/c1-7-8(2)15-16-11(13-7)14-12(20)17-3-4-21-6-9(17)5-10(18)19/h9H,3-6H2,1-2H3,(H,18,19)(H,13,14,16,20). The van der Waals surface area contributed by atoms with Crippen molar-refractivity contribution in [2.45, 2.75) is 26.3 Å². The number of hydrogen-bond donors (Lipinski definition) is 2. The molecule has 0 saturated carbocycles. The molecule has 0 bridgehead atoms. The van der Waals surface area contributed by atoms with Gasteiger partial charge in [-0.15, -0.1) is 5.10 Å². The summed E-state index contributed by atoms with van der Waals surface area (Å²) in [5, 5.41) is 19.1. The number of carbonyl (C=O) groups is 2. The smallest absolute Gasteiger partial charge is 0.324 e. The van der Waals surface area contributed by atoms with Gasteiger partial charge in [0, 0.05) is 6.54 Å². The van der Waals surface area contributed by atoms with Crippen LogP contribution in [-0.2, 0) is 9.53 Å². The van der Waals surface area contributed by atoms with Crippen LogP contribution < -0.4 is 5.32 Å². The Bertz CT molecular complexity index is 550. The van der Waals surface area contributed by atoms with Crippen LogP contribution in [0.25, 0.3) is 0 Å². The summed E-state index contributed by atoms with van der Waals surface area (Å²) in [7, 11) is 0. The molecule has 2 rings (SSSR count). The average molecular weight is 295 g/mol. The van der Waals surface area contributed by atoms with E-state index in [9.17, 15) is 9.59 Å². The van der Waals surface area contributed by atoms with Crippen LogP contribution in [0.5, 0.6) is 0 Å². The number of carboxylic acid groups (broad SMARTS) is 1. The number of carbonyl (C=O) groups excluding carboxylic acids is 1. The molecule has 1 aliphatic heterocycles. The number of hydrogen-bond acceptors (Lipinski definition) is 6. The molecule has 21 heavy (non-hydrogen) atoms. The zero-order valence-corrected chi connectivity index (χ0v) is 11.9. The van der Waals surface area contributed by atoms with Gasteiger partial charge in [-0.25, -0.2) is 9.78 Å². The maximum atomic E-state index is 12.2.